The van der Waals surface area contributed by atoms with Crippen molar-refractivity contribution in [1.82, 2.24) is 0 Å². The third kappa shape index (κ3) is 3.55. The minimum Gasteiger partial charge on any atom is -0.392 e. The van der Waals surface area contributed by atoms with Gasteiger partial charge in [-0.1, -0.05) is 49.6 Å². The quantitative estimate of drug-likeness (QED) is 0.869. The summed E-state index contributed by atoms with van der Waals surface area (Å²) in [5.41, 5.74) is 1.41. The molecular formula is C17H24OS. The molecule has 0 bridgehead atoms. The first-order chi connectivity index (χ1) is 9.34. The molecule has 1 aromatic carbocycles. The molecule has 0 amide bonds. The van der Waals surface area contributed by atoms with Crippen molar-refractivity contribution in [2.75, 3.05) is 5.75 Å². The summed E-state index contributed by atoms with van der Waals surface area (Å²) >= 11 is 2.02. The van der Waals surface area contributed by atoms with Crippen molar-refractivity contribution >= 4 is 11.8 Å². The third-order valence-corrected chi connectivity index (χ3v) is 6.09. The Morgan fingerprint density at radius 1 is 1.11 bits per heavy atom. The van der Waals surface area contributed by atoms with Gasteiger partial charge in [-0.25, -0.2) is 0 Å². The first-order valence-corrected chi connectivity index (χ1v) is 8.74. The van der Waals surface area contributed by atoms with Gasteiger partial charge in [-0.2, -0.15) is 11.8 Å². The zero-order chi connectivity index (χ0) is 13.1. The fourth-order valence-corrected chi connectivity index (χ4v) is 4.70. The summed E-state index contributed by atoms with van der Waals surface area (Å²) in [5.74, 6) is 2.07. The van der Waals surface area contributed by atoms with E-state index in [0.29, 0.717) is 11.8 Å². The lowest BCUT2D eigenvalue weighted by Crippen LogP contribution is -2.18. The number of hydrogen-bond acceptors (Lipinski definition) is 2. The zero-order valence-electron chi connectivity index (χ0n) is 11.5. The molecule has 0 spiro atoms. The average molecular weight is 276 g/mol. The molecule has 2 aliphatic rings. The van der Waals surface area contributed by atoms with Gasteiger partial charge >= 0.3 is 0 Å². The van der Waals surface area contributed by atoms with Crippen molar-refractivity contribution in [3.8, 4) is 0 Å². The van der Waals surface area contributed by atoms with E-state index in [1.54, 1.807) is 0 Å². The summed E-state index contributed by atoms with van der Waals surface area (Å²) in [6.07, 6.45) is 8.01. The van der Waals surface area contributed by atoms with E-state index in [2.05, 4.69) is 30.3 Å². The van der Waals surface area contributed by atoms with Crippen LogP contribution in [0.1, 0.15) is 50.0 Å². The summed E-state index contributed by atoms with van der Waals surface area (Å²) in [6.45, 7) is 0. The first-order valence-electron chi connectivity index (χ1n) is 7.69. The largest absolute Gasteiger partial charge is 0.392 e. The Hall–Kier alpha value is -0.470. The van der Waals surface area contributed by atoms with E-state index in [0.717, 1.165) is 11.0 Å². The van der Waals surface area contributed by atoms with Gasteiger partial charge in [-0.3, -0.25) is 0 Å². The van der Waals surface area contributed by atoms with Crippen LogP contribution in [-0.4, -0.2) is 22.2 Å². The van der Waals surface area contributed by atoms with Crippen molar-refractivity contribution in [2.45, 2.75) is 55.8 Å². The summed E-state index contributed by atoms with van der Waals surface area (Å²) in [6, 6.07) is 10.7. The molecule has 1 N–H and O–H groups in total. The van der Waals surface area contributed by atoms with Gasteiger partial charge in [0.05, 0.1) is 6.10 Å². The Labute approximate surface area is 120 Å². The van der Waals surface area contributed by atoms with Crippen LogP contribution in [0.25, 0.3) is 0 Å². The van der Waals surface area contributed by atoms with E-state index in [1.807, 2.05) is 11.8 Å². The Bertz CT molecular complexity index is 386. The van der Waals surface area contributed by atoms with E-state index in [4.69, 9.17) is 0 Å². The second-order valence-corrected chi connectivity index (χ2v) is 7.41. The second-order valence-electron chi connectivity index (χ2n) is 6.08. The highest BCUT2D eigenvalue weighted by Gasteiger charge is 2.43. The molecule has 3 rings (SSSR count). The minimum atomic E-state index is -0.0999. The molecule has 0 heterocycles. The van der Waals surface area contributed by atoms with Gasteiger partial charge in [0, 0.05) is 11.0 Å². The van der Waals surface area contributed by atoms with Crippen LogP contribution in [0.15, 0.2) is 30.3 Å². The maximum Gasteiger partial charge on any atom is 0.0664 e. The van der Waals surface area contributed by atoms with Gasteiger partial charge in [0.1, 0.15) is 0 Å². The van der Waals surface area contributed by atoms with E-state index >= 15 is 0 Å². The van der Waals surface area contributed by atoms with Crippen molar-refractivity contribution in [1.29, 1.82) is 0 Å². The molecule has 0 radical (unpaired) electrons. The van der Waals surface area contributed by atoms with Crippen molar-refractivity contribution < 1.29 is 5.11 Å². The van der Waals surface area contributed by atoms with Gasteiger partial charge < -0.3 is 5.11 Å². The maximum atomic E-state index is 10.3. The van der Waals surface area contributed by atoms with Gasteiger partial charge in [-0.05, 0) is 36.7 Å². The highest BCUT2D eigenvalue weighted by atomic mass is 32.2. The monoisotopic (exact) mass is 276 g/mol. The number of aliphatic hydroxyl groups excluding tert-OH is 1. The molecule has 2 heteroatoms. The van der Waals surface area contributed by atoms with Gasteiger partial charge in [0.15, 0.2) is 0 Å². The average Bonchev–Trinajstić information content (AvgIpc) is 3.27. The van der Waals surface area contributed by atoms with Crippen LogP contribution in [-0.2, 0) is 0 Å². The maximum absolute atomic E-state index is 10.3. The first kappa shape index (κ1) is 13.5. The predicted molar refractivity (Wildman–Crippen MR) is 82.6 cm³/mol. The van der Waals surface area contributed by atoms with E-state index in [-0.39, 0.29) is 6.10 Å². The number of benzene rings is 1. The lowest BCUT2D eigenvalue weighted by atomic mass is 10.0. The smallest absolute Gasteiger partial charge is 0.0664 e. The lowest BCUT2D eigenvalue weighted by Gasteiger charge is -2.22. The molecule has 19 heavy (non-hydrogen) atoms. The molecular weight excluding hydrogens is 252 g/mol. The van der Waals surface area contributed by atoms with Gasteiger partial charge in [0.2, 0.25) is 0 Å². The normalized spacial score (nSPS) is 29.1. The molecule has 2 aliphatic carbocycles. The van der Waals surface area contributed by atoms with Crippen LogP contribution in [0.4, 0.5) is 0 Å². The Balaban J connectivity index is 1.43. The van der Waals surface area contributed by atoms with Gasteiger partial charge in [-0.15, -0.1) is 0 Å². The van der Waals surface area contributed by atoms with Gasteiger partial charge in [0.25, 0.3) is 0 Å². The zero-order valence-corrected chi connectivity index (χ0v) is 12.3. The highest BCUT2D eigenvalue weighted by Crippen LogP contribution is 2.50. The van der Waals surface area contributed by atoms with Crippen LogP contribution in [0, 0.1) is 5.92 Å². The number of aliphatic hydroxyl groups is 1. The number of hydrogen-bond donors (Lipinski definition) is 1. The topological polar surface area (TPSA) is 20.2 Å². The minimum absolute atomic E-state index is 0.0999. The molecule has 0 saturated heterocycles. The molecule has 3 unspecified atom stereocenters. The fraction of sp³-hybridized carbons (Fsp3) is 0.647. The SMILES string of the molecule is OC(CSC1CCCCC1)C1CC1c1ccccc1. The molecule has 1 nitrogen and oxygen atoms in total. The second kappa shape index (κ2) is 6.32. The van der Waals surface area contributed by atoms with Crippen LogP contribution < -0.4 is 0 Å². The molecule has 2 fully saturated rings. The highest BCUT2D eigenvalue weighted by molar-refractivity contribution is 7.99. The van der Waals surface area contributed by atoms with Crippen LogP contribution >= 0.6 is 11.8 Å². The van der Waals surface area contributed by atoms with Crippen molar-refractivity contribution in [2.24, 2.45) is 5.92 Å². The van der Waals surface area contributed by atoms with Crippen molar-refractivity contribution in [3.63, 3.8) is 0 Å². The lowest BCUT2D eigenvalue weighted by molar-refractivity contribution is 0.173. The standard InChI is InChI=1S/C17H24OS/c18-17(12-19-14-9-5-2-6-10-14)16-11-15(16)13-7-3-1-4-8-13/h1,3-4,7-8,14-18H,2,5-6,9-12H2. The molecule has 3 atom stereocenters. The van der Waals surface area contributed by atoms with E-state index in [1.165, 1.54) is 44.1 Å². The Kier molecular flexibility index (Phi) is 4.49. The predicted octanol–water partition coefficient (Wildman–Crippen LogP) is 4.22. The molecule has 104 valence electrons. The van der Waals surface area contributed by atoms with E-state index in [9.17, 15) is 5.11 Å². The van der Waals surface area contributed by atoms with Crippen molar-refractivity contribution in [3.05, 3.63) is 35.9 Å². The number of rotatable bonds is 5. The molecule has 1 aromatic rings. The van der Waals surface area contributed by atoms with Crippen LogP contribution in [0.3, 0.4) is 0 Å². The van der Waals surface area contributed by atoms with Crippen LogP contribution in [0.2, 0.25) is 0 Å². The molecule has 2 saturated carbocycles. The summed E-state index contributed by atoms with van der Waals surface area (Å²) < 4.78 is 0. The number of thioether (sulfide) groups is 1. The summed E-state index contributed by atoms with van der Waals surface area (Å²) in [5, 5.41) is 11.1. The summed E-state index contributed by atoms with van der Waals surface area (Å²) in [7, 11) is 0. The fourth-order valence-electron chi connectivity index (χ4n) is 3.31. The Morgan fingerprint density at radius 2 is 1.84 bits per heavy atom. The molecule has 0 aliphatic heterocycles. The third-order valence-electron chi connectivity index (χ3n) is 4.62. The molecule has 0 aromatic heterocycles. The van der Waals surface area contributed by atoms with E-state index < -0.39 is 0 Å². The van der Waals surface area contributed by atoms with Crippen LogP contribution in [0.5, 0.6) is 0 Å². The Morgan fingerprint density at radius 3 is 2.58 bits per heavy atom. The summed E-state index contributed by atoms with van der Waals surface area (Å²) in [4.78, 5) is 0.